The van der Waals surface area contributed by atoms with Gasteiger partial charge in [-0.25, -0.2) is 9.48 Å². The Morgan fingerprint density at radius 2 is 1.96 bits per heavy atom. The summed E-state index contributed by atoms with van der Waals surface area (Å²) in [5, 5.41) is 57.1. The van der Waals surface area contributed by atoms with Crippen LogP contribution in [0.1, 0.15) is 79.9 Å². The number of thiazole rings is 1. The van der Waals surface area contributed by atoms with Crippen LogP contribution in [0.5, 0.6) is 5.75 Å². The van der Waals surface area contributed by atoms with Crippen LogP contribution in [0.2, 0.25) is 0 Å². The molecule has 272 valence electrons. The van der Waals surface area contributed by atoms with Crippen LogP contribution >= 0.6 is 22.7 Å². The van der Waals surface area contributed by atoms with E-state index in [1.165, 1.54) is 17.4 Å². The Balaban J connectivity index is 0.898. The van der Waals surface area contributed by atoms with Crippen LogP contribution in [0.25, 0.3) is 21.3 Å². The number of hydrogen-bond donors (Lipinski definition) is 6. The molecule has 2 fully saturated rings. The summed E-state index contributed by atoms with van der Waals surface area (Å²) < 4.78 is 2.50. The predicted octanol–water partition coefficient (Wildman–Crippen LogP) is 5.34. The van der Waals surface area contributed by atoms with E-state index in [0.717, 1.165) is 98.8 Å². The molecule has 0 spiro atoms. The van der Waals surface area contributed by atoms with Gasteiger partial charge in [0.15, 0.2) is 0 Å². The van der Waals surface area contributed by atoms with Crippen molar-refractivity contribution in [1.29, 1.82) is 0 Å². The van der Waals surface area contributed by atoms with Gasteiger partial charge in [-0.15, -0.1) is 16.4 Å². The molecule has 3 heterocycles. The summed E-state index contributed by atoms with van der Waals surface area (Å²) in [6.45, 7) is 2.43. The number of fused-ring (bicyclic) bond motifs is 2. The van der Waals surface area contributed by atoms with Gasteiger partial charge in [0, 0.05) is 41.5 Å². The third-order valence-electron chi connectivity index (χ3n) is 11.6. The summed E-state index contributed by atoms with van der Waals surface area (Å²) in [6, 6.07) is 13.2. The number of aliphatic hydroxyl groups is 2. The van der Waals surface area contributed by atoms with E-state index in [2.05, 4.69) is 32.6 Å². The van der Waals surface area contributed by atoms with Crippen LogP contribution in [-0.2, 0) is 23.5 Å². The number of carboxylic acid groups (broad SMARTS) is 1. The van der Waals surface area contributed by atoms with Crippen molar-refractivity contribution in [2.45, 2.75) is 88.6 Å². The second-order valence-corrected chi connectivity index (χ2v) is 16.3. The number of carbonyl (C=O) groups is 1. The summed E-state index contributed by atoms with van der Waals surface area (Å²) in [6.07, 6.45) is 7.36. The molecule has 6 N–H and O–H groups in total. The highest BCUT2D eigenvalue weighted by molar-refractivity contribution is 7.16. The van der Waals surface area contributed by atoms with Crippen molar-refractivity contribution in [2.24, 2.45) is 11.3 Å². The van der Waals surface area contributed by atoms with Gasteiger partial charge in [0.05, 0.1) is 16.3 Å². The van der Waals surface area contributed by atoms with E-state index in [1.54, 1.807) is 12.1 Å². The molecule has 7 rings (SSSR count). The number of rotatable bonds is 14. The van der Waals surface area contributed by atoms with Crippen molar-refractivity contribution in [1.82, 2.24) is 30.2 Å². The molecule has 2 aliphatic rings. The van der Waals surface area contributed by atoms with Crippen LogP contribution < -0.4 is 10.2 Å². The number of carboxylic acids is 1. The number of hydrogen-bond acceptors (Lipinski definition) is 11. The monoisotopic (exact) mass is 734 g/mol. The van der Waals surface area contributed by atoms with Crippen molar-refractivity contribution >= 4 is 49.9 Å². The quantitative estimate of drug-likeness (QED) is 0.0874. The number of nitrogens with zero attached hydrogens (tertiary/aromatic N) is 4. The van der Waals surface area contributed by atoms with E-state index >= 15 is 0 Å². The van der Waals surface area contributed by atoms with Gasteiger partial charge in [-0.05, 0) is 99.7 Å². The van der Waals surface area contributed by atoms with Crippen LogP contribution in [-0.4, -0.2) is 77.5 Å². The molecule has 3 aromatic heterocycles. The summed E-state index contributed by atoms with van der Waals surface area (Å²) in [5.74, 6) is -0.943. The van der Waals surface area contributed by atoms with Gasteiger partial charge in [0.25, 0.3) is 0 Å². The molecule has 51 heavy (non-hydrogen) atoms. The highest BCUT2D eigenvalue weighted by Gasteiger charge is 2.62. The van der Waals surface area contributed by atoms with Gasteiger partial charge in [-0.2, -0.15) is 0 Å². The largest absolute Gasteiger partial charge is 0.506 e. The first-order valence-electron chi connectivity index (χ1n) is 17.9. The zero-order chi connectivity index (χ0) is 35.8. The molecular formula is C37H46N6O6S2. The highest BCUT2D eigenvalue weighted by Crippen LogP contribution is 2.60. The SMILES string of the molecule is CN(CCCn1nnc2cc(CNC[C@H](O)c3ccc(O)c4[nH]c(=O)sc34)ccc21)C1CCC(C2([C@](O)(C(=O)O)c3cccs3)CCCC2)CC1. The molecule has 0 unspecified atom stereocenters. The Labute approximate surface area is 303 Å². The maximum Gasteiger partial charge on any atom is 0.341 e. The minimum atomic E-state index is -1.84. The normalized spacial score (nSPS) is 21.0. The summed E-state index contributed by atoms with van der Waals surface area (Å²) in [4.78, 5) is 29.9. The third-order valence-corrected chi connectivity index (χ3v) is 13.5. The molecule has 2 atom stereocenters. The first-order chi connectivity index (χ1) is 24.6. The van der Waals surface area contributed by atoms with Crippen molar-refractivity contribution in [3.63, 3.8) is 0 Å². The van der Waals surface area contributed by atoms with Crippen LogP contribution in [0.4, 0.5) is 0 Å². The number of aromatic hydroxyl groups is 1. The lowest BCUT2D eigenvalue weighted by Crippen LogP contribution is -2.55. The number of benzene rings is 2. The second kappa shape index (κ2) is 14.8. The molecule has 14 heteroatoms. The van der Waals surface area contributed by atoms with Crippen LogP contribution in [0, 0.1) is 11.3 Å². The minimum absolute atomic E-state index is 0.0170. The fraction of sp³-hybridized carbons (Fsp3) is 0.514. The number of H-pyrrole nitrogens is 1. The molecule has 0 bridgehead atoms. The number of aryl methyl sites for hydroxylation is 1. The van der Waals surface area contributed by atoms with E-state index in [0.29, 0.717) is 33.2 Å². The maximum absolute atomic E-state index is 12.7. The molecule has 2 saturated carbocycles. The fourth-order valence-electron chi connectivity index (χ4n) is 8.90. The molecule has 12 nitrogen and oxygen atoms in total. The number of aromatic amines is 1. The topological polar surface area (TPSA) is 177 Å². The number of phenols is 1. The smallest absolute Gasteiger partial charge is 0.341 e. The lowest BCUT2D eigenvalue weighted by molar-refractivity contribution is -0.187. The van der Waals surface area contributed by atoms with Crippen molar-refractivity contribution in [2.75, 3.05) is 20.1 Å². The van der Waals surface area contributed by atoms with E-state index in [4.69, 9.17) is 0 Å². The lowest BCUT2D eigenvalue weighted by Gasteiger charge is -2.50. The van der Waals surface area contributed by atoms with Crippen LogP contribution in [0.15, 0.2) is 52.6 Å². The maximum atomic E-state index is 12.7. The Kier molecular flexibility index (Phi) is 10.3. The number of nitrogens with one attached hydrogen (secondary N) is 2. The van der Waals surface area contributed by atoms with Crippen LogP contribution in [0.3, 0.4) is 0 Å². The zero-order valence-corrected chi connectivity index (χ0v) is 30.4. The van der Waals surface area contributed by atoms with Crippen molar-refractivity contribution in [3.05, 3.63) is 73.5 Å². The fourth-order valence-corrected chi connectivity index (χ4v) is 10.7. The molecule has 0 aliphatic heterocycles. The molecule has 0 radical (unpaired) electrons. The molecule has 2 aliphatic carbocycles. The Morgan fingerprint density at radius 1 is 1.18 bits per heavy atom. The average Bonchev–Trinajstić information content (AvgIpc) is 3.96. The number of thiophene rings is 1. The number of phenolic OH excluding ortho intramolecular Hbond substituents is 1. The van der Waals surface area contributed by atoms with Gasteiger partial charge < -0.3 is 35.6 Å². The number of aliphatic hydroxyl groups excluding tert-OH is 1. The first-order valence-corrected chi connectivity index (χ1v) is 19.6. The van der Waals surface area contributed by atoms with Gasteiger partial charge in [0.1, 0.15) is 16.8 Å². The molecular weight excluding hydrogens is 689 g/mol. The van der Waals surface area contributed by atoms with E-state index in [-0.39, 0.29) is 23.1 Å². The molecule has 2 aromatic carbocycles. The Hall–Kier alpha value is -3.66. The first kappa shape index (κ1) is 35.7. The van der Waals surface area contributed by atoms with E-state index in [9.17, 15) is 30.0 Å². The minimum Gasteiger partial charge on any atom is -0.506 e. The molecule has 0 amide bonds. The number of aromatic nitrogens is 4. The molecule has 5 aromatic rings. The van der Waals surface area contributed by atoms with Gasteiger partial charge in [0.2, 0.25) is 5.60 Å². The highest BCUT2D eigenvalue weighted by atomic mass is 32.1. The van der Waals surface area contributed by atoms with E-state index in [1.807, 2.05) is 34.3 Å². The Bertz CT molecular complexity index is 2030. The molecule has 0 saturated heterocycles. The van der Waals surface area contributed by atoms with Crippen molar-refractivity contribution in [3.8, 4) is 5.75 Å². The third kappa shape index (κ3) is 6.73. The number of aliphatic carboxylic acids is 1. The van der Waals surface area contributed by atoms with Crippen molar-refractivity contribution < 1.29 is 25.2 Å². The standard InChI is InChI=1S/C37H46N6O6S2/c1-42(25-10-8-24(9-11-25)36(15-2-3-16-36)37(49,34(46)47)31-6-4-19-50-31)17-5-18-43-28-13-7-23(20-27(28)40-41-43)21-38-22-30(45)26-12-14-29(44)32-33(26)51-35(48)39-32/h4,6-7,12-14,19-20,24-25,30,38,44-45,49H,2-3,5,8-11,15-18,21-22H2,1H3,(H,39,48)(H,46,47)/t24?,25?,30-,37+/m0/s1. The second-order valence-electron chi connectivity index (χ2n) is 14.4. The van der Waals surface area contributed by atoms with Gasteiger partial charge in [-0.3, -0.25) is 4.79 Å². The zero-order valence-electron chi connectivity index (χ0n) is 28.8. The Morgan fingerprint density at radius 3 is 2.69 bits per heavy atom. The predicted molar refractivity (Wildman–Crippen MR) is 198 cm³/mol. The average molecular weight is 735 g/mol. The summed E-state index contributed by atoms with van der Waals surface area (Å²) >= 11 is 2.32. The van der Waals surface area contributed by atoms with E-state index < -0.39 is 23.1 Å². The summed E-state index contributed by atoms with van der Waals surface area (Å²) in [5.41, 5.74) is 1.27. The summed E-state index contributed by atoms with van der Waals surface area (Å²) in [7, 11) is 2.18. The van der Waals surface area contributed by atoms with Gasteiger partial charge >= 0.3 is 10.8 Å². The lowest BCUT2D eigenvalue weighted by atomic mass is 9.58. The van der Waals surface area contributed by atoms with Gasteiger partial charge in [-0.1, -0.05) is 47.6 Å².